The van der Waals surface area contributed by atoms with Gasteiger partial charge in [0.05, 0.1) is 20.1 Å². The van der Waals surface area contributed by atoms with E-state index in [1.54, 1.807) is 0 Å². The predicted molar refractivity (Wildman–Crippen MR) is 81.9 cm³/mol. The second kappa shape index (κ2) is 10.0. The summed E-state index contributed by atoms with van der Waals surface area (Å²) >= 11 is 0. The van der Waals surface area contributed by atoms with Gasteiger partial charge in [-0.3, -0.25) is 4.79 Å². The first-order chi connectivity index (χ1) is 10.2. The predicted octanol–water partition coefficient (Wildman–Crippen LogP) is 2.35. The Kier molecular flexibility index (Phi) is 8.28. The van der Waals surface area contributed by atoms with E-state index in [2.05, 4.69) is 11.7 Å². The van der Waals surface area contributed by atoms with Crippen molar-refractivity contribution in [3.8, 4) is 11.5 Å². The molecule has 0 aliphatic carbocycles. The Labute approximate surface area is 126 Å². The van der Waals surface area contributed by atoms with Gasteiger partial charge >= 0.3 is 5.97 Å². The molecule has 1 aromatic rings. The minimum atomic E-state index is -0.189. The molecule has 118 valence electrons. The van der Waals surface area contributed by atoms with Crippen LogP contribution in [0, 0.1) is 0 Å². The van der Waals surface area contributed by atoms with Crippen LogP contribution in [0.25, 0.3) is 0 Å². The lowest BCUT2D eigenvalue weighted by molar-refractivity contribution is -0.140. The number of ether oxygens (including phenoxy) is 3. The number of carbonyl (C=O) groups is 1. The van der Waals surface area contributed by atoms with Crippen LogP contribution in [-0.2, 0) is 9.53 Å². The smallest absolute Gasteiger partial charge is 0.306 e. The molecule has 21 heavy (non-hydrogen) atoms. The molecule has 5 heteroatoms. The van der Waals surface area contributed by atoms with Gasteiger partial charge in [-0.2, -0.15) is 0 Å². The highest BCUT2D eigenvalue weighted by Crippen LogP contribution is 2.17. The largest absolute Gasteiger partial charge is 0.494 e. The van der Waals surface area contributed by atoms with Gasteiger partial charge in [0.1, 0.15) is 18.1 Å². The maximum absolute atomic E-state index is 11.0. The number of hydrogen-bond acceptors (Lipinski definition) is 5. The minimum absolute atomic E-state index is 0.189. The zero-order chi connectivity index (χ0) is 15.5. The van der Waals surface area contributed by atoms with Gasteiger partial charge in [0, 0.05) is 13.1 Å². The van der Waals surface area contributed by atoms with Crippen molar-refractivity contribution in [3.63, 3.8) is 0 Å². The SMILES string of the molecule is CCCOc1ccc(OCCN(C)CCC(=O)OC)cc1. The van der Waals surface area contributed by atoms with Gasteiger partial charge in [-0.25, -0.2) is 0 Å². The molecule has 0 unspecified atom stereocenters. The molecule has 0 saturated heterocycles. The lowest BCUT2D eigenvalue weighted by atomic mass is 10.3. The molecule has 0 radical (unpaired) electrons. The Morgan fingerprint density at radius 3 is 2.14 bits per heavy atom. The molecule has 0 aliphatic rings. The van der Waals surface area contributed by atoms with Crippen molar-refractivity contribution >= 4 is 5.97 Å². The average Bonchev–Trinajstić information content (AvgIpc) is 2.51. The maximum Gasteiger partial charge on any atom is 0.306 e. The molecule has 0 spiro atoms. The van der Waals surface area contributed by atoms with Crippen LogP contribution in [0.4, 0.5) is 0 Å². The van der Waals surface area contributed by atoms with E-state index in [0.29, 0.717) is 19.6 Å². The van der Waals surface area contributed by atoms with Crippen LogP contribution >= 0.6 is 0 Å². The zero-order valence-corrected chi connectivity index (χ0v) is 13.1. The van der Waals surface area contributed by atoms with Crippen LogP contribution in [0.15, 0.2) is 24.3 Å². The van der Waals surface area contributed by atoms with Gasteiger partial charge in [0.25, 0.3) is 0 Å². The van der Waals surface area contributed by atoms with Gasteiger partial charge in [0.2, 0.25) is 0 Å². The summed E-state index contributed by atoms with van der Waals surface area (Å²) in [6.45, 7) is 4.80. The van der Waals surface area contributed by atoms with Crippen molar-refractivity contribution in [1.29, 1.82) is 0 Å². The lowest BCUT2D eigenvalue weighted by Gasteiger charge is -2.16. The van der Waals surface area contributed by atoms with Gasteiger partial charge in [-0.05, 0) is 37.7 Å². The summed E-state index contributed by atoms with van der Waals surface area (Å²) in [4.78, 5) is 13.1. The Hall–Kier alpha value is -1.75. The van der Waals surface area contributed by atoms with Crippen LogP contribution < -0.4 is 9.47 Å². The lowest BCUT2D eigenvalue weighted by Crippen LogP contribution is -2.27. The first kappa shape index (κ1) is 17.3. The van der Waals surface area contributed by atoms with E-state index in [4.69, 9.17) is 9.47 Å². The molecule has 0 N–H and O–H groups in total. The summed E-state index contributed by atoms with van der Waals surface area (Å²) in [5.74, 6) is 1.49. The molecule has 0 bridgehead atoms. The Morgan fingerprint density at radius 1 is 1.05 bits per heavy atom. The van der Waals surface area contributed by atoms with Gasteiger partial charge in [-0.1, -0.05) is 6.92 Å². The fraction of sp³-hybridized carbons (Fsp3) is 0.562. The highest BCUT2D eigenvalue weighted by Gasteiger charge is 2.04. The second-order valence-electron chi connectivity index (χ2n) is 4.80. The summed E-state index contributed by atoms with van der Waals surface area (Å²) < 4.78 is 15.8. The van der Waals surface area contributed by atoms with E-state index in [0.717, 1.165) is 31.1 Å². The van der Waals surface area contributed by atoms with Crippen molar-refractivity contribution in [2.24, 2.45) is 0 Å². The van der Waals surface area contributed by atoms with Crippen LogP contribution in [0.3, 0.4) is 0 Å². The zero-order valence-electron chi connectivity index (χ0n) is 13.1. The van der Waals surface area contributed by atoms with Crippen LogP contribution in [0.5, 0.6) is 11.5 Å². The van der Waals surface area contributed by atoms with Gasteiger partial charge in [0.15, 0.2) is 0 Å². The topological polar surface area (TPSA) is 48.0 Å². The number of rotatable bonds is 10. The highest BCUT2D eigenvalue weighted by molar-refractivity contribution is 5.69. The monoisotopic (exact) mass is 295 g/mol. The first-order valence-electron chi connectivity index (χ1n) is 7.26. The quantitative estimate of drug-likeness (QED) is 0.620. The van der Waals surface area contributed by atoms with E-state index >= 15 is 0 Å². The summed E-state index contributed by atoms with van der Waals surface area (Å²) in [6.07, 6.45) is 1.40. The molecule has 0 heterocycles. The van der Waals surface area contributed by atoms with Crippen LogP contribution in [-0.4, -0.2) is 51.3 Å². The molecule has 0 aliphatic heterocycles. The summed E-state index contributed by atoms with van der Waals surface area (Å²) in [6, 6.07) is 7.62. The number of nitrogens with zero attached hydrogens (tertiary/aromatic N) is 1. The van der Waals surface area contributed by atoms with Crippen molar-refractivity contribution in [2.45, 2.75) is 19.8 Å². The Morgan fingerprint density at radius 2 is 1.62 bits per heavy atom. The number of methoxy groups -OCH3 is 1. The van der Waals surface area contributed by atoms with Crippen LogP contribution in [0.2, 0.25) is 0 Å². The van der Waals surface area contributed by atoms with E-state index in [1.807, 2.05) is 36.2 Å². The normalized spacial score (nSPS) is 10.5. The highest BCUT2D eigenvalue weighted by atomic mass is 16.5. The Bertz CT molecular complexity index is 405. The molecule has 1 aromatic carbocycles. The van der Waals surface area contributed by atoms with Gasteiger partial charge in [-0.15, -0.1) is 0 Å². The number of likely N-dealkylation sites (N-methyl/N-ethyl adjacent to an activating group) is 1. The number of carbonyl (C=O) groups excluding carboxylic acids is 1. The number of benzene rings is 1. The fourth-order valence-electron chi connectivity index (χ4n) is 1.67. The third kappa shape index (κ3) is 7.56. The van der Waals surface area contributed by atoms with E-state index in [9.17, 15) is 4.79 Å². The van der Waals surface area contributed by atoms with Gasteiger partial charge < -0.3 is 19.1 Å². The molecule has 5 nitrogen and oxygen atoms in total. The van der Waals surface area contributed by atoms with Crippen LogP contribution in [0.1, 0.15) is 19.8 Å². The molecule has 0 aromatic heterocycles. The number of esters is 1. The molecule has 0 saturated carbocycles. The molecule has 0 atom stereocenters. The third-order valence-electron chi connectivity index (χ3n) is 2.96. The minimum Gasteiger partial charge on any atom is -0.494 e. The van der Waals surface area contributed by atoms with Crippen molar-refractivity contribution in [3.05, 3.63) is 24.3 Å². The average molecular weight is 295 g/mol. The summed E-state index contributed by atoms with van der Waals surface area (Å²) in [7, 11) is 3.35. The van der Waals surface area contributed by atoms with E-state index in [1.165, 1.54) is 7.11 Å². The Balaban J connectivity index is 2.21. The van der Waals surface area contributed by atoms with E-state index in [-0.39, 0.29) is 5.97 Å². The second-order valence-corrected chi connectivity index (χ2v) is 4.80. The maximum atomic E-state index is 11.0. The molecule has 0 fully saturated rings. The molecular formula is C16H25NO4. The third-order valence-corrected chi connectivity index (χ3v) is 2.96. The van der Waals surface area contributed by atoms with Crippen molar-refractivity contribution in [1.82, 2.24) is 4.90 Å². The van der Waals surface area contributed by atoms with E-state index < -0.39 is 0 Å². The first-order valence-corrected chi connectivity index (χ1v) is 7.26. The molecule has 1 rings (SSSR count). The fourth-order valence-corrected chi connectivity index (χ4v) is 1.67. The summed E-state index contributed by atoms with van der Waals surface area (Å²) in [5.41, 5.74) is 0. The number of hydrogen-bond donors (Lipinski definition) is 0. The molecule has 0 amide bonds. The standard InChI is InChI=1S/C16H25NO4/c1-4-12-20-14-5-7-15(8-6-14)21-13-11-17(2)10-9-16(18)19-3/h5-8H,4,9-13H2,1-3H3. The van der Waals surface area contributed by atoms with Crippen molar-refractivity contribution < 1.29 is 19.0 Å². The summed E-state index contributed by atoms with van der Waals surface area (Å²) in [5, 5.41) is 0. The van der Waals surface area contributed by atoms with Crippen molar-refractivity contribution in [2.75, 3.05) is 40.5 Å². The molecular weight excluding hydrogens is 270 g/mol.